The molecular formula is C18H18F2N6O2. The van der Waals surface area contributed by atoms with E-state index in [1.54, 1.807) is 17.0 Å². The van der Waals surface area contributed by atoms with E-state index in [4.69, 9.17) is 4.52 Å². The second-order valence-electron chi connectivity index (χ2n) is 6.51. The van der Waals surface area contributed by atoms with Gasteiger partial charge in [-0.25, -0.2) is 13.5 Å². The summed E-state index contributed by atoms with van der Waals surface area (Å²) in [6, 6.07) is 2.70. The van der Waals surface area contributed by atoms with Gasteiger partial charge in [-0.3, -0.25) is 9.78 Å². The van der Waals surface area contributed by atoms with Crippen molar-refractivity contribution in [2.75, 3.05) is 6.54 Å². The third kappa shape index (κ3) is 3.37. The Balaban J connectivity index is 1.73. The van der Waals surface area contributed by atoms with Crippen LogP contribution in [0.2, 0.25) is 0 Å². The molecule has 0 radical (unpaired) electrons. The summed E-state index contributed by atoms with van der Waals surface area (Å²) in [5, 5.41) is 7.91. The molecule has 0 saturated carbocycles. The topological polar surface area (TPSA) is 89.9 Å². The average molecular weight is 388 g/mol. The normalized spacial score (nSPS) is 17.7. The standard InChI is InChI=1S/C18H18F2N6O2/c19-16(20)15-13(10-23-26(15)12-5-7-21-8-6-12)18(27)25-9-3-1-2-4-14(25)17-22-11-28-24-17/h5-8,10-11,14,16H,1-4,9H2. The summed E-state index contributed by atoms with van der Waals surface area (Å²) in [4.78, 5) is 22.8. The zero-order valence-corrected chi connectivity index (χ0v) is 14.9. The van der Waals surface area contributed by atoms with Crippen molar-refractivity contribution in [3.63, 3.8) is 0 Å². The summed E-state index contributed by atoms with van der Waals surface area (Å²) in [6.07, 6.45) is 5.75. The number of hydrogen-bond acceptors (Lipinski definition) is 6. The van der Waals surface area contributed by atoms with E-state index < -0.39 is 24.1 Å². The van der Waals surface area contributed by atoms with E-state index in [2.05, 4.69) is 20.2 Å². The number of carbonyl (C=O) groups is 1. The zero-order chi connectivity index (χ0) is 19.5. The molecule has 0 spiro atoms. The number of halogens is 2. The van der Waals surface area contributed by atoms with Crippen molar-refractivity contribution in [3.05, 3.63) is 54.2 Å². The van der Waals surface area contributed by atoms with Crippen molar-refractivity contribution in [3.8, 4) is 5.69 Å². The molecule has 1 saturated heterocycles. The number of alkyl halides is 2. The van der Waals surface area contributed by atoms with Crippen LogP contribution in [0.15, 0.2) is 41.6 Å². The van der Waals surface area contributed by atoms with Crippen LogP contribution in [0.25, 0.3) is 5.69 Å². The molecule has 0 aliphatic carbocycles. The quantitative estimate of drug-likeness (QED) is 0.681. The van der Waals surface area contributed by atoms with Crippen LogP contribution in [0, 0.1) is 0 Å². The summed E-state index contributed by atoms with van der Waals surface area (Å²) in [6.45, 7) is 0.432. The Morgan fingerprint density at radius 1 is 1.21 bits per heavy atom. The highest BCUT2D eigenvalue weighted by Gasteiger charge is 2.34. The third-order valence-corrected chi connectivity index (χ3v) is 4.84. The molecule has 0 aromatic carbocycles. The van der Waals surface area contributed by atoms with Crippen LogP contribution in [0.3, 0.4) is 0 Å². The van der Waals surface area contributed by atoms with E-state index >= 15 is 0 Å². The summed E-state index contributed by atoms with van der Waals surface area (Å²) >= 11 is 0. The van der Waals surface area contributed by atoms with Crippen molar-refractivity contribution in [1.82, 2.24) is 29.8 Å². The van der Waals surface area contributed by atoms with E-state index in [1.807, 2.05) is 0 Å². The van der Waals surface area contributed by atoms with Crippen molar-refractivity contribution < 1.29 is 18.1 Å². The van der Waals surface area contributed by atoms with Crippen LogP contribution in [0.5, 0.6) is 0 Å². The zero-order valence-electron chi connectivity index (χ0n) is 14.9. The second kappa shape index (κ2) is 7.83. The molecule has 1 atom stereocenters. The van der Waals surface area contributed by atoms with E-state index in [9.17, 15) is 13.6 Å². The Kier molecular flexibility index (Phi) is 5.09. The van der Waals surface area contributed by atoms with E-state index in [1.165, 1.54) is 25.0 Å². The van der Waals surface area contributed by atoms with Crippen molar-refractivity contribution in [1.29, 1.82) is 0 Å². The minimum Gasteiger partial charge on any atom is -0.343 e. The van der Waals surface area contributed by atoms with Crippen molar-refractivity contribution in [2.24, 2.45) is 0 Å². The number of nitrogens with zero attached hydrogens (tertiary/aromatic N) is 6. The molecule has 8 nitrogen and oxygen atoms in total. The van der Waals surface area contributed by atoms with Crippen LogP contribution in [0.4, 0.5) is 8.78 Å². The molecule has 1 amide bonds. The molecule has 4 rings (SSSR count). The highest BCUT2D eigenvalue weighted by Crippen LogP contribution is 2.32. The highest BCUT2D eigenvalue weighted by atomic mass is 19.3. The monoisotopic (exact) mass is 388 g/mol. The van der Waals surface area contributed by atoms with Gasteiger partial charge in [-0.05, 0) is 25.0 Å². The lowest BCUT2D eigenvalue weighted by atomic mass is 10.1. The Labute approximate surface area is 159 Å². The van der Waals surface area contributed by atoms with Crippen molar-refractivity contribution >= 4 is 5.91 Å². The van der Waals surface area contributed by atoms with Gasteiger partial charge < -0.3 is 9.42 Å². The first-order valence-electron chi connectivity index (χ1n) is 9.00. The molecule has 1 aliphatic heterocycles. The molecule has 1 aliphatic rings. The Hall–Kier alpha value is -3.17. The summed E-state index contributed by atoms with van der Waals surface area (Å²) in [5.41, 5.74) is -0.149. The van der Waals surface area contributed by atoms with E-state index in [0.29, 0.717) is 24.5 Å². The lowest BCUT2D eigenvalue weighted by molar-refractivity contribution is 0.0658. The lowest BCUT2D eigenvalue weighted by Gasteiger charge is -2.27. The molecule has 3 aromatic rings. The SMILES string of the molecule is O=C(c1cnn(-c2ccncc2)c1C(F)F)N1CCCCCC1c1ncon1. The maximum atomic E-state index is 13.9. The molecular weight excluding hydrogens is 370 g/mol. The Morgan fingerprint density at radius 2 is 2.04 bits per heavy atom. The lowest BCUT2D eigenvalue weighted by Crippen LogP contribution is -2.35. The minimum atomic E-state index is -2.87. The smallest absolute Gasteiger partial charge is 0.281 e. The van der Waals surface area contributed by atoms with Gasteiger partial charge in [-0.15, -0.1) is 0 Å². The van der Waals surface area contributed by atoms with Crippen LogP contribution in [0.1, 0.15) is 60.0 Å². The summed E-state index contributed by atoms with van der Waals surface area (Å²) < 4.78 is 33.7. The first-order chi connectivity index (χ1) is 13.7. The number of amides is 1. The van der Waals surface area contributed by atoms with Gasteiger partial charge >= 0.3 is 0 Å². The molecule has 146 valence electrons. The Bertz CT molecular complexity index is 929. The van der Waals surface area contributed by atoms with E-state index in [-0.39, 0.29) is 5.56 Å². The van der Waals surface area contributed by atoms with Crippen LogP contribution in [-0.2, 0) is 0 Å². The minimum absolute atomic E-state index is 0.123. The highest BCUT2D eigenvalue weighted by molar-refractivity contribution is 5.95. The number of likely N-dealkylation sites (tertiary alicyclic amines) is 1. The van der Waals surface area contributed by atoms with Gasteiger partial charge in [0.05, 0.1) is 23.5 Å². The molecule has 10 heteroatoms. The van der Waals surface area contributed by atoms with Gasteiger partial charge in [-0.1, -0.05) is 18.0 Å². The Morgan fingerprint density at radius 3 is 2.75 bits per heavy atom. The number of carbonyl (C=O) groups excluding carboxylic acids is 1. The first kappa shape index (κ1) is 18.2. The average Bonchev–Trinajstić information content (AvgIpc) is 3.33. The fraction of sp³-hybridized carbons (Fsp3) is 0.389. The van der Waals surface area contributed by atoms with Gasteiger partial charge in [0, 0.05) is 18.9 Å². The number of pyridine rings is 1. The number of aromatic nitrogens is 5. The van der Waals surface area contributed by atoms with Crippen LogP contribution in [-0.4, -0.2) is 42.3 Å². The number of rotatable bonds is 4. The summed E-state index contributed by atoms with van der Waals surface area (Å²) in [5.74, 6) is -0.123. The predicted octanol–water partition coefficient (Wildman–Crippen LogP) is 3.35. The van der Waals surface area contributed by atoms with Gasteiger partial charge in [0.1, 0.15) is 5.69 Å². The van der Waals surface area contributed by atoms with Gasteiger partial charge in [0.2, 0.25) is 6.39 Å². The molecule has 1 fully saturated rings. The van der Waals surface area contributed by atoms with Gasteiger partial charge in [0.15, 0.2) is 5.82 Å². The molecule has 3 aromatic heterocycles. The van der Waals surface area contributed by atoms with Gasteiger partial charge in [-0.2, -0.15) is 10.1 Å². The fourth-order valence-electron chi connectivity index (χ4n) is 3.52. The van der Waals surface area contributed by atoms with Crippen LogP contribution < -0.4 is 0 Å². The molecule has 1 unspecified atom stereocenters. The maximum absolute atomic E-state index is 13.9. The first-order valence-corrected chi connectivity index (χ1v) is 9.00. The summed E-state index contributed by atoms with van der Waals surface area (Å²) in [7, 11) is 0. The molecule has 28 heavy (non-hydrogen) atoms. The predicted molar refractivity (Wildman–Crippen MR) is 92.9 cm³/mol. The van der Waals surface area contributed by atoms with E-state index in [0.717, 1.165) is 23.9 Å². The third-order valence-electron chi connectivity index (χ3n) is 4.84. The molecule has 0 N–H and O–H groups in total. The van der Waals surface area contributed by atoms with Crippen molar-refractivity contribution in [2.45, 2.75) is 38.2 Å². The maximum Gasteiger partial charge on any atom is 0.281 e. The molecule has 4 heterocycles. The van der Waals surface area contributed by atoms with Crippen LogP contribution >= 0.6 is 0 Å². The largest absolute Gasteiger partial charge is 0.343 e. The second-order valence-corrected chi connectivity index (χ2v) is 6.51. The number of hydrogen-bond donors (Lipinski definition) is 0. The molecule has 0 bridgehead atoms. The fourth-order valence-corrected chi connectivity index (χ4v) is 3.52. The van der Waals surface area contributed by atoms with Gasteiger partial charge in [0.25, 0.3) is 12.3 Å².